The number of hydrogen-bond donors (Lipinski definition) is 1. The Kier molecular flexibility index (Phi) is 4.96. The summed E-state index contributed by atoms with van der Waals surface area (Å²) < 4.78 is 28.6. The monoisotopic (exact) mass is 445 g/mol. The third-order valence-electron chi connectivity index (χ3n) is 6.54. The van der Waals surface area contributed by atoms with Gasteiger partial charge in [-0.15, -0.1) is 0 Å². The minimum absolute atomic E-state index is 0.0367. The highest BCUT2D eigenvalue weighted by Gasteiger charge is 2.56. The fraction of sp³-hybridized carbons (Fsp3) is 0.435. The van der Waals surface area contributed by atoms with Gasteiger partial charge < -0.3 is 10.2 Å². The molecule has 1 aromatic heterocycles. The number of nitrogens with zero attached hydrogens (tertiary/aromatic N) is 2. The van der Waals surface area contributed by atoms with Crippen LogP contribution in [-0.2, 0) is 4.79 Å². The van der Waals surface area contributed by atoms with Crippen molar-refractivity contribution >= 4 is 23.4 Å². The molecule has 1 aliphatic heterocycles. The van der Waals surface area contributed by atoms with Crippen molar-refractivity contribution in [1.29, 1.82) is 0 Å². The first-order valence-corrected chi connectivity index (χ1v) is 10.9. The van der Waals surface area contributed by atoms with E-state index in [9.17, 15) is 18.4 Å². The third-order valence-corrected chi connectivity index (χ3v) is 6.83. The van der Waals surface area contributed by atoms with Crippen LogP contribution in [0, 0.1) is 30.4 Å². The molecule has 5 nitrogen and oxygen atoms in total. The number of aryl methyl sites for hydroxylation is 1. The van der Waals surface area contributed by atoms with Crippen LogP contribution in [0.3, 0.4) is 0 Å². The highest BCUT2D eigenvalue weighted by atomic mass is 35.5. The summed E-state index contributed by atoms with van der Waals surface area (Å²) in [5.41, 5.74) is 1.33. The van der Waals surface area contributed by atoms with Crippen LogP contribution in [0.5, 0.6) is 0 Å². The molecule has 3 aliphatic rings. The molecular formula is C23H22ClF2N3O2. The van der Waals surface area contributed by atoms with E-state index in [0.29, 0.717) is 18.0 Å². The van der Waals surface area contributed by atoms with Gasteiger partial charge in [0.15, 0.2) is 0 Å². The Morgan fingerprint density at radius 3 is 2.68 bits per heavy atom. The van der Waals surface area contributed by atoms with Crippen molar-refractivity contribution in [3.63, 3.8) is 0 Å². The smallest absolute Gasteiger partial charge is 0.273 e. The predicted octanol–water partition coefficient (Wildman–Crippen LogP) is 4.19. The molecule has 5 rings (SSSR count). The summed E-state index contributed by atoms with van der Waals surface area (Å²) in [6, 6.07) is 4.28. The normalized spacial score (nSPS) is 25.2. The number of nitrogens with one attached hydrogen (secondary N) is 1. The molecule has 2 aromatic rings. The molecule has 4 atom stereocenters. The lowest BCUT2D eigenvalue weighted by molar-refractivity contribution is -0.126. The first kappa shape index (κ1) is 20.4. The van der Waals surface area contributed by atoms with Crippen molar-refractivity contribution < 1.29 is 18.4 Å². The molecule has 162 valence electrons. The number of fused-ring (bicyclic) bond motifs is 1. The maximum absolute atomic E-state index is 14.6. The van der Waals surface area contributed by atoms with Crippen LogP contribution in [0.1, 0.15) is 53.3 Å². The number of hydrogen-bond acceptors (Lipinski definition) is 3. The molecule has 1 aromatic carbocycles. The lowest BCUT2D eigenvalue weighted by atomic mass is 10.00. The van der Waals surface area contributed by atoms with Crippen LogP contribution in [0.4, 0.5) is 8.78 Å². The SMILES string of the molecule is Cc1ccnc(C(=O)N2[C@@H](C(=O)NC(c3cc(F)c(Cl)cc3F)C3CC3)C[C@H]3C[C@H]32)c1. The highest BCUT2D eigenvalue weighted by Crippen LogP contribution is 2.49. The van der Waals surface area contributed by atoms with Crippen LogP contribution in [0.25, 0.3) is 0 Å². The van der Waals surface area contributed by atoms with Crippen molar-refractivity contribution in [3.05, 3.63) is 63.9 Å². The Labute approximate surface area is 183 Å². The third kappa shape index (κ3) is 3.80. The summed E-state index contributed by atoms with van der Waals surface area (Å²) in [6.45, 7) is 1.88. The molecule has 0 radical (unpaired) electrons. The number of rotatable bonds is 5. The number of pyridine rings is 1. The van der Waals surface area contributed by atoms with Gasteiger partial charge in [0.1, 0.15) is 23.4 Å². The summed E-state index contributed by atoms with van der Waals surface area (Å²) in [4.78, 5) is 32.2. The molecular weight excluding hydrogens is 424 g/mol. The number of amides is 2. The first-order chi connectivity index (χ1) is 14.8. The van der Waals surface area contributed by atoms with E-state index in [-0.39, 0.29) is 34.4 Å². The van der Waals surface area contributed by atoms with E-state index < -0.39 is 23.7 Å². The largest absolute Gasteiger partial charge is 0.347 e. The molecule has 2 aliphatic carbocycles. The maximum atomic E-state index is 14.6. The molecule has 2 heterocycles. The van der Waals surface area contributed by atoms with E-state index in [1.54, 1.807) is 17.2 Å². The van der Waals surface area contributed by atoms with Gasteiger partial charge in [-0.3, -0.25) is 14.6 Å². The predicted molar refractivity (Wildman–Crippen MR) is 110 cm³/mol. The lowest BCUT2D eigenvalue weighted by Gasteiger charge is -2.29. The zero-order chi connectivity index (χ0) is 21.9. The topological polar surface area (TPSA) is 62.3 Å². The van der Waals surface area contributed by atoms with E-state index in [4.69, 9.17) is 11.6 Å². The van der Waals surface area contributed by atoms with Crippen LogP contribution >= 0.6 is 11.6 Å². The molecule has 3 fully saturated rings. The molecule has 1 saturated heterocycles. The second-order valence-electron chi connectivity index (χ2n) is 8.86. The van der Waals surface area contributed by atoms with Gasteiger partial charge in [0.05, 0.1) is 11.1 Å². The second-order valence-corrected chi connectivity index (χ2v) is 9.26. The van der Waals surface area contributed by atoms with E-state index in [0.717, 1.165) is 37.0 Å². The second kappa shape index (κ2) is 7.55. The zero-order valence-electron chi connectivity index (χ0n) is 16.9. The van der Waals surface area contributed by atoms with Gasteiger partial charge >= 0.3 is 0 Å². The Hall–Kier alpha value is -2.54. The van der Waals surface area contributed by atoms with Gasteiger partial charge in [-0.1, -0.05) is 11.6 Å². The van der Waals surface area contributed by atoms with E-state index in [1.807, 2.05) is 13.0 Å². The van der Waals surface area contributed by atoms with E-state index in [1.165, 1.54) is 0 Å². The molecule has 0 bridgehead atoms. The van der Waals surface area contributed by atoms with Crippen molar-refractivity contribution in [2.45, 2.75) is 50.7 Å². The zero-order valence-corrected chi connectivity index (χ0v) is 17.7. The molecule has 1 N–H and O–H groups in total. The van der Waals surface area contributed by atoms with Gasteiger partial charge in [0, 0.05) is 17.8 Å². The Morgan fingerprint density at radius 1 is 1.19 bits per heavy atom. The average Bonchev–Trinajstić information content (AvgIpc) is 3.66. The minimum Gasteiger partial charge on any atom is -0.347 e. The number of aromatic nitrogens is 1. The number of carbonyl (C=O) groups is 2. The molecule has 31 heavy (non-hydrogen) atoms. The maximum Gasteiger partial charge on any atom is 0.273 e. The number of halogens is 3. The molecule has 2 amide bonds. The number of likely N-dealkylation sites (tertiary alicyclic amines) is 1. The minimum atomic E-state index is -0.720. The van der Waals surface area contributed by atoms with Gasteiger partial charge in [0.25, 0.3) is 5.91 Å². The quantitative estimate of drug-likeness (QED) is 0.702. The highest BCUT2D eigenvalue weighted by molar-refractivity contribution is 6.30. The summed E-state index contributed by atoms with van der Waals surface area (Å²) >= 11 is 5.69. The Bertz CT molecular complexity index is 1070. The first-order valence-electron chi connectivity index (χ1n) is 10.5. The van der Waals surface area contributed by atoms with Crippen molar-refractivity contribution in [3.8, 4) is 0 Å². The number of benzene rings is 1. The summed E-state index contributed by atoms with van der Waals surface area (Å²) in [5, 5.41) is 2.62. The molecule has 8 heteroatoms. The average molecular weight is 446 g/mol. The van der Waals surface area contributed by atoms with E-state index in [2.05, 4.69) is 10.3 Å². The molecule has 1 unspecified atom stereocenters. The van der Waals surface area contributed by atoms with Crippen molar-refractivity contribution in [2.75, 3.05) is 0 Å². The van der Waals surface area contributed by atoms with Crippen LogP contribution in [-0.4, -0.2) is 33.8 Å². The fourth-order valence-corrected chi connectivity index (χ4v) is 4.82. The standard InChI is InChI=1S/C23H22ClF2N3O2/c1-11-4-5-27-18(6-11)23(31)29-19-7-13(19)8-20(29)22(30)28-21(12-2-3-12)14-9-17(26)15(24)10-16(14)25/h4-6,9-10,12-13,19-21H,2-3,7-8H2,1H3,(H,28,30)/t13-,19-,20-,21?/m1/s1. The van der Waals surface area contributed by atoms with Crippen molar-refractivity contribution in [2.24, 2.45) is 11.8 Å². The summed E-state index contributed by atoms with van der Waals surface area (Å²) in [6.07, 6.45) is 4.67. The summed E-state index contributed by atoms with van der Waals surface area (Å²) in [7, 11) is 0. The Balaban J connectivity index is 1.39. The summed E-state index contributed by atoms with van der Waals surface area (Å²) in [5.74, 6) is -1.62. The number of piperidine rings is 1. The lowest BCUT2D eigenvalue weighted by Crippen LogP contribution is -2.49. The van der Waals surface area contributed by atoms with Crippen LogP contribution in [0.2, 0.25) is 5.02 Å². The Morgan fingerprint density at radius 2 is 1.97 bits per heavy atom. The molecule has 0 spiro atoms. The molecule has 2 saturated carbocycles. The van der Waals surface area contributed by atoms with Gasteiger partial charge in [-0.25, -0.2) is 8.78 Å². The fourth-order valence-electron chi connectivity index (χ4n) is 4.67. The van der Waals surface area contributed by atoms with Crippen LogP contribution < -0.4 is 5.32 Å². The van der Waals surface area contributed by atoms with Gasteiger partial charge in [0.2, 0.25) is 5.91 Å². The van der Waals surface area contributed by atoms with Crippen molar-refractivity contribution in [1.82, 2.24) is 15.2 Å². The number of carbonyl (C=O) groups excluding carboxylic acids is 2. The van der Waals surface area contributed by atoms with E-state index >= 15 is 0 Å². The van der Waals surface area contributed by atoms with Gasteiger partial charge in [-0.05, 0) is 74.3 Å². The van der Waals surface area contributed by atoms with Gasteiger partial charge in [-0.2, -0.15) is 0 Å². The van der Waals surface area contributed by atoms with Crippen LogP contribution in [0.15, 0.2) is 30.5 Å².